The third-order valence-electron chi connectivity index (χ3n) is 0.880. The van der Waals surface area contributed by atoms with Crippen LogP contribution in [0.4, 0.5) is 0 Å². The summed E-state index contributed by atoms with van der Waals surface area (Å²) in [5, 5.41) is 38.1. The number of carbonyl (C=O) groups is 4. The van der Waals surface area contributed by atoms with E-state index in [0.717, 1.165) is 0 Å². The third-order valence-corrected chi connectivity index (χ3v) is 0.880. The van der Waals surface area contributed by atoms with Crippen molar-refractivity contribution >= 4 is 47.8 Å². The van der Waals surface area contributed by atoms with Gasteiger partial charge in [0.15, 0.2) is 0 Å². The number of carbonyl (C=O) groups excluding carboxylic acids is 4. The summed E-state index contributed by atoms with van der Waals surface area (Å²) < 4.78 is 8.06. The van der Waals surface area contributed by atoms with Crippen LogP contribution in [-0.2, 0) is 28.7 Å². The van der Waals surface area contributed by atoms with Crippen molar-refractivity contribution in [3.63, 3.8) is 0 Å². The third kappa shape index (κ3) is 31.5. The van der Waals surface area contributed by atoms with Gasteiger partial charge >= 0.3 is 23.9 Å². The largest absolute Gasteiger partial charge is 4.00 e. The van der Waals surface area contributed by atoms with Gasteiger partial charge in [0, 0.05) is 0 Å². The van der Waals surface area contributed by atoms with E-state index in [2.05, 4.69) is 9.47 Å². The van der Waals surface area contributed by atoms with Crippen LogP contribution in [0.1, 0.15) is 0 Å². The average Bonchev–Trinajstić information content (AvgIpc) is 2.15. The van der Waals surface area contributed by atoms with Crippen LogP contribution in [0, 0.1) is 0 Å². The molecule has 0 amide bonds. The maximum atomic E-state index is 9.53. The molecule has 104 valence electrons. The smallest absolute Gasteiger partial charge is 0.548 e. The fraction of sp³-hybridized carbons (Fsp3) is 0.500. The first-order chi connectivity index (χ1) is 8.25. The van der Waals surface area contributed by atoms with Gasteiger partial charge in [0.2, 0.25) is 0 Å². The Balaban J connectivity index is -0.000000256. The van der Waals surface area contributed by atoms with Crippen molar-refractivity contribution in [1.82, 2.24) is 0 Å². The maximum absolute atomic E-state index is 9.53. The van der Waals surface area contributed by atoms with Gasteiger partial charge in [-0.25, -0.2) is 0 Å². The zero-order valence-electron chi connectivity index (χ0n) is 9.41. The fourth-order valence-corrected chi connectivity index (χ4v) is 0.435. The monoisotopic (exact) mass is 384 g/mol. The molecule has 19 heavy (non-hydrogen) atoms. The minimum absolute atomic E-state index is 0. The summed E-state index contributed by atoms with van der Waals surface area (Å²) in [6.45, 7) is -2.86. The van der Waals surface area contributed by atoms with Gasteiger partial charge in [0.25, 0.3) is 0 Å². The molecule has 0 unspecified atom stereocenters. The Kier molecular flexibility index (Phi) is 17.6. The average molecular weight is 383 g/mol. The quantitative estimate of drug-likeness (QED) is 0.366. The molecule has 0 saturated heterocycles. The van der Waals surface area contributed by atoms with Crippen LogP contribution in [0.15, 0.2) is 0 Å². The molecule has 0 bridgehead atoms. The summed E-state index contributed by atoms with van der Waals surface area (Å²) in [7, 11) is 0. The van der Waals surface area contributed by atoms with E-state index in [9.17, 15) is 39.6 Å². The van der Waals surface area contributed by atoms with E-state index in [4.69, 9.17) is 0 Å². The van der Waals surface area contributed by atoms with Crippen LogP contribution in [0.3, 0.4) is 0 Å². The van der Waals surface area contributed by atoms with Crippen LogP contribution in [-0.4, -0.2) is 74.2 Å². The molecule has 11 heteroatoms. The van der Waals surface area contributed by atoms with Gasteiger partial charge < -0.3 is 49.1 Å². The van der Waals surface area contributed by atoms with Crippen molar-refractivity contribution in [1.29, 1.82) is 0 Å². The van der Waals surface area contributed by atoms with Crippen molar-refractivity contribution in [2.24, 2.45) is 0 Å². The minimum Gasteiger partial charge on any atom is -0.548 e. The molecule has 0 aromatic heterocycles. The molecule has 0 aromatic rings. The molecule has 0 atom stereocenters. The molecule has 0 saturated carbocycles. The molecular formula is C8H8O10Sn. The zero-order chi connectivity index (χ0) is 14.6. The number of hydrogen-bond donors (Lipinski definition) is 0. The minimum atomic E-state index is -1.45. The van der Waals surface area contributed by atoms with Crippen molar-refractivity contribution < 1.29 is 49.1 Å². The van der Waals surface area contributed by atoms with Crippen LogP contribution in [0.25, 0.3) is 0 Å². The summed E-state index contributed by atoms with van der Waals surface area (Å²) >= 11 is 0. The summed E-state index contributed by atoms with van der Waals surface area (Å²) in [5.41, 5.74) is 0. The summed E-state index contributed by atoms with van der Waals surface area (Å²) in [6.07, 6.45) is 0. The van der Waals surface area contributed by atoms with E-state index < -0.39 is 50.3 Å². The van der Waals surface area contributed by atoms with E-state index >= 15 is 0 Å². The van der Waals surface area contributed by atoms with E-state index in [1.807, 2.05) is 0 Å². The van der Waals surface area contributed by atoms with Gasteiger partial charge in [-0.3, -0.25) is 0 Å². The molecule has 0 aliphatic carbocycles. The predicted octanol–water partition coefficient (Wildman–Crippen LogP) is -7.38. The Bertz CT molecular complexity index is 244. The number of carboxylic acids is 4. The fourth-order valence-electron chi connectivity index (χ4n) is 0.435. The summed E-state index contributed by atoms with van der Waals surface area (Å²) in [6, 6.07) is 0. The molecule has 0 rings (SSSR count). The van der Waals surface area contributed by atoms with Crippen molar-refractivity contribution in [2.45, 2.75) is 0 Å². The predicted molar refractivity (Wildman–Crippen MR) is 47.4 cm³/mol. The molecule has 0 spiro atoms. The van der Waals surface area contributed by atoms with Crippen molar-refractivity contribution in [3.05, 3.63) is 0 Å². The van der Waals surface area contributed by atoms with E-state index in [1.165, 1.54) is 0 Å². The SMILES string of the molecule is O=C([O-])COCC(=O)[O-].O=C([O-])COCC(=O)[O-].[Sn+4]. The normalized spacial score (nSPS) is 8.42. The van der Waals surface area contributed by atoms with E-state index in [0.29, 0.717) is 0 Å². The molecule has 0 aromatic carbocycles. The molecule has 0 fully saturated rings. The Morgan fingerprint density at radius 1 is 0.579 bits per heavy atom. The van der Waals surface area contributed by atoms with Crippen LogP contribution in [0.5, 0.6) is 0 Å². The summed E-state index contributed by atoms with van der Waals surface area (Å²) in [4.78, 5) is 38.1. The number of ether oxygens (including phenoxy) is 2. The van der Waals surface area contributed by atoms with Crippen LogP contribution >= 0.6 is 0 Å². The standard InChI is InChI=1S/2C4H6O5.Sn/c2*5-3(6)1-9-2-4(7)8;/h2*1-2H2,(H,5,6)(H,7,8);/q;;+4/p-4. The second kappa shape index (κ2) is 14.7. The van der Waals surface area contributed by atoms with Crippen LogP contribution in [0.2, 0.25) is 0 Å². The van der Waals surface area contributed by atoms with Crippen LogP contribution < -0.4 is 20.4 Å². The second-order valence-electron chi connectivity index (χ2n) is 2.47. The zero-order valence-corrected chi connectivity index (χ0v) is 12.3. The molecule has 0 heterocycles. The first kappa shape index (κ1) is 22.8. The first-order valence-corrected chi connectivity index (χ1v) is 4.20. The van der Waals surface area contributed by atoms with Crippen molar-refractivity contribution in [3.8, 4) is 0 Å². The van der Waals surface area contributed by atoms with Gasteiger partial charge in [-0.1, -0.05) is 0 Å². The van der Waals surface area contributed by atoms with Gasteiger partial charge in [-0.15, -0.1) is 0 Å². The Morgan fingerprint density at radius 3 is 0.842 bits per heavy atom. The molecule has 0 radical (unpaired) electrons. The number of rotatable bonds is 8. The molecule has 0 aliphatic heterocycles. The Labute approximate surface area is 123 Å². The first-order valence-electron chi connectivity index (χ1n) is 4.20. The number of hydrogen-bond acceptors (Lipinski definition) is 10. The van der Waals surface area contributed by atoms with Gasteiger partial charge in [0.05, 0.1) is 50.3 Å². The number of aliphatic carboxylic acids is 4. The molecule has 10 nitrogen and oxygen atoms in total. The van der Waals surface area contributed by atoms with Gasteiger partial charge in [-0.05, 0) is 0 Å². The van der Waals surface area contributed by atoms with Gasteiger partial charge in [-0.2, -0.15) is 0 Å². The number of carboxylic acid groups (broad SMARTS) is 4. The maximum Gasteiger partial charge on any atom is 4.00 e. The topological polar surface area (TPSA) is 179 Å². The molecule has 0 aliphatic rings. The molecular weight excluding hydrogens is 375 g/mol. The van der Waals surface area contributed by atoms with Crippen molar-refractivity contribution in [2.75, 3.05) is 26.4 Å². The van der Waals surface area contributed by atoms with E-state index in [1.54, 1.807) is 0 Å². The van der Waals surface area contributed by atoms with Gasteiger partial charge in [0.1, 0.15) is 0 Å². The Hall–Kier alpha value is -1.40. The molecule has 0 N–H and O–H groups in total. The Morgan fingerprint density at radius 2 is 0.737 bits per heavy atom. The summed E-state index contributed by atoms with van der Waals surface area (Å²) in [5.74, 6) is -5.79. The van der Waals surface area contributed by atoms with E-state index in [-0.39, 0.29) is 23.9 Å². The second-order valence-corrected chi connectivity index (χ2v) is 2.47.